The molecule has 1 saturated heterocycles. The second-order valence-corrected chi connectivity index (χ2v) is 9.38. The number of carbonyl (C=O) groups is 1. The van der Waals surface area contributed by atoms with Crippen LogP contribution in [-0.2, 0) is 17.9 Å². The molecule has 33 heavy (non-hydrogen) atoms. The van der Waals surface area contributed by atoms with Crippen LogP contribution in [-0.4, -0.2) is 51.0 Å². The number of fused-ring (bicyclic) bond motifs is 1. The second-order valence-electron chi connectivity index (χ2n) is 9.38. The quantitative estimate of drug-likeness (QED) is 0.466. The average molecular weight is 451 g/mol. The number of aromatic amines is 1. The van der Waals surface area contributed by atoms with Crippen LogP contribution in [0.25, 0.3) is 10.9 Å². The molecule has 1 amide bonds. The first-order chi connectivity index (χ1) is 15.9. The fourth-order valence-corrected chi connectivity index (χ4v) is 4.55. The van der Waals surface area contributed by atoms with Crippen LogP contribution in [0.2, 0.25) is 0 Å². The van der Waals surface area contributed by atoms with E-state index < -0.39 is 0 Å². The molecule has 0 aliphatic carbocycles. The lowest BCUT2D eigenvalue weighted by Gasteiger charge is -2.26. The van der Waals surface area contributed by atoms with Gasteiger partial charge in [-0.2, -0.15) is 0 Å². The largest absolute Gasteiger partial charge is 0.364 e. The third-order valence-corrected chi connectivity index (χ3v) is 6.27. The van der Waals surface area contributed by atoms with Gasteiger partial charge in [-0.15, -0.1) is 0 Å². The van der Waals surface area contributed by atoms with Crippen LogP contribution in [0.3, 0.4) is 0 Å². The van der Waals surface area contributed by atoms with Crippen LogP contribution >= 0.6 is 0 Å². The Balaban J connectivity index is 1.36. The zero-order chi connectivity index (χ0) is 23.4. The number of benzene rings is 1. The first kappa shape index (κ1) is 23.0. The van der Waals surface area contributed by atoms with Gasteiger partial charge in [-0.05, 0) is 61.4 Å². The van der Waals surface area contributed by atoms with Gasteiger partial charge in [-0.1, -0.05) is 19.9 Å². The van der Waals surface area contributed by atoms with Crippen molar-refractivity contribution < 1.29 is 4.79 Å². The maximum absolute atomic E-state index is 13.0. The predicted molar refractivity (Wildman–Crippen MR) is 131 cm³/mol. The molecule has 3 N–H and O–H groups in total. The average Bonchev–Trinajstić information content (AvgIpc) is 3.43. The summed E-state index contributed by atoms with van der Waals surface area (Å²) in [4.78, 5) is 35.6. The van der Waals surface area contributed by atoms with E-state index in [4.69, 9.17) is 0 Å². The Morgan fingerprint density at radius 1 is 1.30 bits per heavy atom. The number of hydrogen-bond acceptors (Lipinski definition) is 5. The van der Waals surface area contributed by atoms with Gasteiger partial charge in [-0.3, -0.25) is 19.1 Å². The fraction of sp³-hybridized carbons (Fsp3) is 0.480. The van der Waals surface area contributed by atoms with Gasteiger partial charge in [0, 0.05) is 49.3 Å². The lowest BCUT2D eigenvalue weighted by molar-refractivity contribution is -0.121. The van der Waals surface area contributed by atoms with Crippen LogP contribution < -0.4 is 16.2 Å². The number of carbonyl (C=O) groups excluding carboxylic acids is 1. The monoisotopic (exact) mass is 450 g/mol. The number of aromatic nitrogens is 3. The van der Waals surface area contributed by atoms with Crippen molar-refractivity contribution >= 4 is 22.6 Å². The topological polar surface area (TPSA) is 95.1 Å². The highest BCUT2D eigenvalue weighted by molar-refractivity contribution is 5.80. The second kappa shape index (κ2) is 10.2. The zero-order valence-corrected chi connectivity index (χ0v) is 19.7. The maximum atomic E-state index is 13.0. The van der Waals surface area contributed by atoms with Crippen molar-refractivity contribution in [2.75, 3.05) is 25.0 Å². The SMILES string of the molecule is Cc1cnc(NC[C@H]2CCCN2CC(C)C)c(=O)n1CC(=O)NCc1ccc2[nH]ccc2c1. The minimum absolute atomic E-state index is 0.0306. The molecule has 1 aliphatic heterocycles. The molecule has 8 nitrogen and oxygen atoms in total. The van der Waals surface area contributed by atoms with Crippen LogP contribution in [0.4, 0.5) is 5.82 Å². The van der Waals surface area contributed by atoms with Crippen molar-refractivity contribution in [3.05, 3.63) is 58.3 Å². The summed E-state index contributed by atoms with van der Waals surface area (Å²) in [5.74, 6) is 0.719. The number of amides is 1. The summed E-state index contributed by atoms with van der Waals surface area (Å²) in [5, 5.41) is 7.28. The van der Waals surface area contributed by atoms with Gasteiger partial charge in [0.15, 0.2) is 5.82 Å². The van der Waals surface area contributed by atoms with Gasteiger partial charge in [0.25, 0.3) is 5.56 Å². The molecule has 1 fully saturated rings. The number of nitrogens with zero attached hydrogens (tertiary/aromatic N) is 3. The Bertz CT molecular complexity index is 1170. The third kappa shape index (κ3) is 5.63. The van der Waals surface area contributed by atoms with Crippen molar-refractivity contribution in [3.63, 3.8) is 0 Å². The minimum atomic E-state index is -0.257. The van der Waals surface area contributed by atoms with Gasteiger partial charge >= 0.3 is 0 Å². The van der Waals surface area contributed by atoms with Gasteiger partial charge < -0.3 is 15.6 Å². The van der Waals surface area contributed by atoms with E-state index in [0.717, 1.165) is 36.0 Å². The fourth-order valence-electron chi connectivity index (χ4n) is 4.55. The Hall–Kier alpha value is -3.13. The Kier molecular flexibility index (Phi) is 7.13. The summed E-state index contributed by atoms with van der Waals surface area (Å²) >= 11 is 0. The Labute approximate surface area is 194 Å². The van der Waals surface area contributed by atoms with Crippen LogP contribution in [0.5, 0.6) is 0 Å². The minimum Gasteiger partial charge on any atom is -0.364 e. The van der Waals surface area contributed by atoms with Crippen molar-refractivity contribution in [1.82, 2.24) is 24.8 Å². The lowest BCUT2D eigenvalue weighted by atomic mass is 10.1. The highest BCUT2D eigenvalue weighted by Gasteiger charge is 2.25. The summed E-state index contributed by atoms with van der Waals surface area (Å²) in [5.41, 5.74) is 2.48. The number of rotatable bonds is 9. The molecule has 1 atom stereocenters. The summed E-state index contributed by atoms with van der Waals surface area (Å²) < 4.78 is 1.49. The van der Waals surface area contributed by atoms with Crippen molar-refractivity contribution in [2.24, 2.45) is 5.92 Å². The molecule has 0 unspecified atom stereocenters. The van der Waals surface area contributed by atoms with Crippen LogP contribution in [0.1, 0.15) is 37.9 Å². The first-order valence-corrected chi connectivity index (χ1v) is 11.8. The van der Waals surface area contributed by atoms with E-state index in [0.29, 0.717) is 36.6 Å². The first-order valence-electron chi connectivity index (χ1n) is 11.8. The third-order valence-electron chi connectivity index (χ3n) is 6.27. The normalized spacial score (nSPS) is 16.5. The van der Waals surface area contributed by atoms with Gasteiger partial charge in [0.05, 0.1) is 0 Å². The number of likely N-dealkylation sites (tertiary alicyclic amines) is 1. The molecule has 2 aromatic heterocycles. The molecule has 3 aromatic rings. The van der Waals surface area contributed by atoms with E-state index in [-0.39, 0.29) is 18.0 Å². The van der Waals surface area contributed by atoms with E-state index in [1.807, 2.05) is 30.5 Å². The highest BCUT2D eigenvalue weighted by atomic mass is 16.2. The molecule has 3 heterocycles. The highest BCUT2D eigenvalue weighted by Crippen LogP contribution is 2.19. The number of nitrogens with one attached hydrogen (secondary N) is 3. The molecule has 8 heteroatoms. The molecule has 0 radical (unpaired) electrons. The van der Waals surface area contributed by atoms with Crippen LogP contribution in [0.15, 0.2) is 41.5 Å². The smallest absolute Gasteiger partial charge is 0.293 e. The summed E-state index contributed by atoms with van der Waals surface area (Å²) in [6, 6.07) is 8.44. The van der Waals surface area contributed by atoms with Gasteiger partial charge in [0.1, 0.15) is 6.54 Å². The molecule has 4 rings (SSSR count). The van der Waals surface area contributed by atoms with E-state index in [9.17, 15) is 9.59 Å². The van der Waals surface area contributed by atoms with E-state index in [1.165, 1.54) is 11.0 Å². The molecule has 0 spiro atoms. The van der Waals surface area contributed by atoms with Crippen LogP contribution in [0, 0.1) is 12.8 Å². The molecular weight excluding hydrogens is 416 g/mol. The number of anilines is 1. The lowest BCUT2D eigenvalue weighted by Crippen LogP contribution is -2.39. The van der Waals surface area contributed by atoms with E-state index in [1.54, 1.807) is 13.1 Å². The standard InChI is InChI=1S/C25H34N6O2/c1-17(2)15-30-10-4-5-21(30)14-29-24-25(33)31(18(3)12-28-24)16-23(32)27-13-19-6-7-22-20(11-19)8-9-26-22/h6-9,11-12,17,21,26H,4-5,10,13-16H2,1-3H3,(H,27,32)(H,28,29)/t21-/m1/s1. The van der Waals surface area contributed by atoms with E-state index in [2.05, 4.69) is 39.3 Å². The van der Waals surface area contributed by atoms with Crippen molar-refractivity contribution in [3.8, 4) is 0 Å². The van der Waals surface area contributed by atoms with E-state index >= 15 is 0 Å². The Morgan fingerprint density at radius 2 is 2.15 bits per heavy atom. The van der Waals surface area contributed by atoms with Gasteiger partial charge in [0.2, 0.25) is 5.91 Å². The molecular formula is C25H34N6O2. The number of hydrogen-bond donors (Lipinski definition) is 3. The zero-order valence-electron chi connectivity index (χ0n) is 19.7. The van der Waals surface area contributed by atoms with Crippen molar-refractivity contribution in [2.45, 2.75) is 52.7 Å². The molecule has 1 aliphatic rings. The summed E-state index contributed by atoms with van der Waals surface area (Å²) in [7, 11) is 0. The maximum Gasteiger partial charge on any atom is 0.293 e. The number of aryl methyl sites for hydroxylation is 1. The molecule has 1 aromatic carbocycles. The number of H-pyrrole nitrogens is 1. The predicted octanol–water partition coefficient (Wildman–Crippen LogP) is 2.88. The summed E-state index contributed by atoms with van der Waals surface area (Å²) in [6.07, 6.45) is 5.85. The van der Waals surface area contributed by atoms with Crippen molar-refractivity contribution in [1.29, 1.82) is 0 Å². The Morgan fingerprint density at radius 3 is 2.97 bits per heavy atom. The summed E-state index contributed by atoms with van der Waals surface area (Å²) in [6.45, 7) is 9.49. The molecule has 176 valence electrons. The van der Waals surface area contributed by atoms with Gasteiger partial charge in [-0.25, -0.2) is 4.98 Å². The molecule has 0 bridgehead atoms. The molecule has 0 saturated carbocycles.